The monoisotopic (exact) mass is 570 g/mol. The molecule has 164 valence electrons. The van der Waals surface area contributed by atoms with E-state index in [0.717, 1.165) is 28.8 Å². The van der Waals surface area contributed by atoms with E-state index in [-0.39, 0.29) is 16.9 Å². The predicted molar refractivity (Wildman–Crippen MR) is 138 cm³/mol. The van der Waals surface area contributed by atoms with Gasteiger partial charge in [0, 0.05) is 47.4 Å². The van der Waals surface area contributed by atoms with Crippen molar-refractivity contribution in [2.24, 2.45) is 0 Å². The molecule has 31 heavy (non-hydrogen) atoms. The minimum absolute atomic E-state index is 0.204. The second kappa shape index (κ2) is 11.1. The molecular formula is C22H24ClIN4O2S. The van der Waals surface area contributed by atoms with E-state index in [0.29, 0.717) is 35.8 Å². The minimum atomic E-state index is -0.269. The summed E-state index contributed by atoms with van der Waals surface area (Å²) in [5, 5.41) is 6.48. The van der Waals surface area contributed by atoms with Gasteiger partial charge in [-0.1, -0.05) is 24.6 Å². The van der Waals surface area contributed by atoms with Crippen LogP contribution < -0.4 is 15.5 Å². The first-order valence-corrected chi connectivity index (χ1v) is 11.9. The third kappa shape index (κ3) is 6.54. The first-order valence-electron chi connectivity index (χ1n) is 10.1. The average Bonchev–Trinajstić information content (AvgIpc) is 2.74. The zero-order chi connectivity index (χ0) is 22.4. The second-order valence-electron chi connectivity index (χ2n) is 7.20. The van der Waals surface area contributed by atoms with Crippen LogP contribution in [-0.4, -0.2) is 48.0 Å². The van der Waals surface area contributed by atoms with Crippen LogP contribution in [0.1, 0.15) is 30.1 Å². The number of thiocarbonyl (C=S) groups is 1. The molecule has 3 rings (SSSR count). The Hall–Kier alpha value is -1.91. The van der Waals surface area contributed by atoms with Gasteiger partial charge in [0.25, 0.3) is 5.91 Å². The summed E-state index contributed by atoms with van der Waals surface area (Å²) in [6, 6.07) is 12.9. The molecule has 0 atom stereocenters. The van der Waals surface area contributed by atoms with Crippen LogP contribution in [0, 0.1) is 3.57 Å². The zero-order valence-corrected chi connectivity index (χ0v) is 20.9. The Morgan fingerprint density at radius 2 is 1.87 bits per heavy atom. The van der Waals surface area contributed by atoms with Crippen molar-refractivity contribution in [2.45, 2.75) is 19.8 Å². The number of piperazine rings is 1. The van der Waals surface area contributed by atoms with Gasteiger partial charge in [-0.05, 0) is 77.6 Å². The van der Waals surface area contributed by atoms with Gasteiger partial charge in [-0.15, -0.1) is 0 Å². The molecule has 0 aliphatic carbocycles. The first-order chi connectivity index (χ1) is 14.9. The lowest BCUT2D eigenvalue weighted by Gasteiger charge is -2.36. The standard InChI is InChI=1S/C22H24ClIN4O2S/c1-2-4-20(29)28-11-9-27(10-12-28)19-8-7-17(14-18(19)23)25-22(31)26-21(30)15-5-3-6-16(24)13-15/h3,5-8,13-14H,2,4,9-12H2,1H3,(H2,25,26,30,31). The maximum atomic E-state index is 12.3. The third-order valence-corrected chi connectivity index (χ3v) is 6.13. The predicted octanol–water partition coefficient (Wildman–Crippen LogP) is 4.52. The Morgan fingerprint density at radius 3 is 2.52 bits per heavy atom. The molecule has 0 bridgehead atoms. The van der Waals surface area contributed by atoms with Gasteiger partial charge in [-0.2, -0.15) is 0 Å². The number of halogens is 2. The van der Waals surface area contributed by atoms with Crippen molar-refractivity contribution < 1.29 is 9.59 Å². The fourth-order valence-corrected chi connectivity index (χ4v) is 4.43. The molecule has 0 radical (unpaired) electrons. The molecule has 1 saturated heterocycles. The molecule has 0 aromatic heterocycles. The smallest absolute Gasteiger partial charge is 0.257 e. The fraction of sp³-hybridized carbons (Fsp3) is 0.318. The Balaban J connectivity index is 1.56. The molecule has 1 aliphatic heterocycles. The molecular weight excluding hydrogens is 547 g/mol. The van der Waals surface area contributed by atoms with Gasteiger partial charge in [-0.25, -0.2) is 0 Å². The lowest BCUT2D eigenvalue weighted by Crippen LogP contribution is -2.48. The van der Waals surface area contributed by atoms with Gasteiger partial charge in [0.15, 0.2) is 5.11 Å². The molecule has 1 fully saturated rings. The lowest BCUT2D eigenvalue weighted by molar-refractivity contribution is -0.131. The van der Waals surface area contributed by atoms with Gasteiger partial charge >= 0.3 is 0 Å². The van der Waals surface area contributed by atoms with E-state index in [1.807, 2.05) is 36.1 Å². The number of carbonyl (C=O) groups excluding carboxylic acids is 2. The molecule has 1 aliphatic rings. The molecule has 2 N–H and O–H groups in total. The first kappa shape index (κ1) is 23.7. The molecule has 2 amide bonds. The summed E-state index contributed by atoms with van der Waals surface area (Å²) < 4.78 is 0.974. The number of carbonyl (C=O) groups is 2. The van der Waals surface area contributed by atoms with Crippen molar-refractivity contribution in [1.82, 2.24) is 10.2 Å². The van der Waals surface area contributed by atoms with Crippen molar-refractivity contribution in [3.8, 4) is 0 Å². The van der Waals surface area contributed by atoms with Crippen molar-refractivity contribution in [1.29, 1.82) is 0 Å². The van der Waals surface area contributed by atoms with Crippen LogP contribution in [0.3, 0.4) is 0 Å². The van der Waals surface area contributed by atoms with Crippen molar-refractivity contribution >= 4 is 74.7 Å². The Bertz CT molecular complexity index is 980. The highest BCUT2D eigenvalue weighted by molar-refractivity contribution is 14.1. The van der Waals surface area contributed by atoms with E-state index in [2.05, 4.69) is 38.1 Å². The number of benzene rings is 2. The van der Waals surface area contributed by atoms with Gasteiger partial charge in [0.1, 0.15) is 0 Å². The van der Waals surface area contributed by atoms with E-state index < -0.39 is 0 Å². The largest absolute Gasteiger partial charge is 0.367 e. The Labute approximate surface area is 206 Å². The minimum Gasteiger partial charge on any atom is -0.367 e. The van der Waals surface area contributed by atoms with Crippen molar-refractivity contribution in [2.75, 3.05) is 36.4 Å². The number of amides is 2. The summed E-state index contributed by atoms with van der Waals surface area (Å²) >= 11 is 13.9. The highest BCUT2D eigenvalue weighted by Crippen LogP contribution is 2.29. The molecule has 1 heterocycles. The highest BCUT2D eigenvalue weighted by atomic mass is 127. The third-order valence-electron chi connectivity index (χ3n) is 4.96. The van der Waals surface area contributed by atoms with Crippen LogP contribution >= 0.6 is 46.4 Å². The zero-order valence-electron chi connectivity index (χ0n) is 17.2. The number of nitrogens with one attached hydrogen (secondary N) is 2. The number of hydrogen-bond acceptors (Lipinski definition) is 4. The summed E-state index contributed by atoms with van der Waals surface area (Å²) in [5.41, 5.74) is 2.16. The average molecular weight is 571 g/mol. The van der Waals surface area contributed by atoms with Crippen molar-refractivity contribution in [3.05, 3.63) is 56.6 Å². The maximum absolute atomic E-state index is 12.3. The molecule has 0 saturated carbocycles. The van der Waals surface area contributed by atoms with Crippen LogP contribution in [0.2, 0.25) is 5.02 Å². The lowest BCUT2D eigenvalue weighted by atomic mass is 10.2. The molecule has 0 unspecified atom stereocenters. The number of nitrogens with zero attached hydrogens (tertiary/aromatic N) is 2. The van der Waals surface area contributed by atoms with Crippen molar-refractivity contribution in [3.63, 3.8) is 0 Å². The quantitative estimate of drug-likeness (QED) is 0.409. The molecule has 2 aromatic carbocycles. The SMILES string of the molecule is CCCC(=O)N1CCN(c2ccc(NC(=S)NC(=O)c3cccc(I)c3)cc2Cl)CC1. The van der Waals surface area contributed by atoms with Crippen LogP contribution in [0.4, 0.5) is 11.4 Å². The summed E-state index contributed by atoms with van der Waals surface area (Å²) in [5.74, 6) is -0.0530. The van der Waals surface area contributed by atoms with E-state index in [4.69, 9.17) is 23.8 Å². The van der Waals surface area contributed by atoms with Crippen LogP contribution in [0.15, 0.2) is 42.5 Å². The Kier molecular flexibility index (Phi) is 8.50. The fourth-order valence-electron chi connectivity index (χ4n) is 3.38. The van der Waals surface area contributed by atoms with E-state index in [1.54, 1.807) is 18.2 Å². The molecule has 0 spiro atoms. The summed E-state index contributed by atoms with van der Waals surface area (Å²) in [7, 11) is 0. The van der Waals surface area contributed by atoms with E-state index in [1.165, 1.54) is 0 Å². The second-order valence-corrected chi connectivity index (χ2v) is 9.26. The highest BCUT2D eigenvalue weighted by Gasteiger charge is 2.22. The molecule has 9 heteroatoms. The van der Waals surface area contributed by atoms with Crippen LogP contribution in [0.5, 0.6) is 0 Å². The van der Waals surface area contributed by atoms with Gasteiger partial charge in [-0.3, -0.25) is 14.9 Å². The summed E-state index contributed by atoms with van der Waals surface area (Å²) in [6.07, 6.45) is 1.47. The van der Waals surface area contributed by atoms with E-state index in [9.17, 15) is 9.59 Å². The Morgan fingerprint density at radius 1 is 1.13 bits per heavy atom. The van der Waals surface area contributed by atoms with Gasteiger partial charge in [0.2, 0.25) is 5.91 Å². The molecule has 2 aromatic rings. The van der Waals surface area contributed by atoms with Gasteiger partial charge in [0.05, 0.1) is 10.7 Å². The van der Waals surface area contributed by atoms with Crippen LogP contribution in [-0.2, 0) is 4.79 Å². The van der Waals surface area contributed by atoms with Gasteiger partial charge < -0.3 is 15.1 Å². The summed E-state index contributed by atoms with van der Waals surface area (Å²) in [4.78, 5) is 28.5. The number of anilines is 2. The maximum Gasteiger partial charge on any atom is 0.257 e. The normalized spacial score (nSPS) is 13.6. The van der Waals surface area contributed by atoms with Crippen LogP contribution in [0.25, 0.3) is 0 Å². The number of hydrogen-bond donors (Lipinski definition) is 2. The topological polar surface area (TPSA) is 64.7 Å². The summed E-state index contributed by atoms with van der Waals surface area (Å²) in [6.45, 7) is 4.90. The number of rotatable bonds is 5. The van der Waals surface area contributed by atoms with E-state index >= 15 is 0 Å². The molecule has 6 nitrogen and oxygen atoms in total.